The maximum Gasteiger partial charge on any atom is 0.148 e. The normalized spacial score (nSPS) is 11.3. The van der Waals surface area contributed by atoms with E-state index in [0.717, 1.165) is 46.5 Å². The van der Waals surface area contributed by atoms with Crippen LogP contribution in [0.1, 0.15) is 12.2 Å². The molecule has 0 saturated heterocycles. The minimum atomic E-state index is 0.417. The van der Waals surface area contributed by atoms with E-state index in [-0.39, 0.29) is 0 Å². The van der Waals surface area contributed by atoms with Gasteiger partial charge in [0, 0.05) is 25.6 Å². The molecular weight excluding hydrogens is 326 g/mol. The summed E-state index contributed by atoms with van der Waals surface area (Å²) in [6.45, 7) is 1.95. The van der Waals surface area contributed by atoms with Crippen LogP contribution in [-0.2, 0) is 17.9 Å². The van der Waals surface area contributed by atoms with Gasteiger partial charge >= 0.3 is 0 Å². The van der Waals surface area contributed by atoms with Crippen LogP contribution in [0, 0.1) is 0 Å². The second-order valence-electron chi connectivity index (χ2n) is 6.14. The topological polar surface area (TPSA) is 49.2 Å². The van der Waals surface area contributed by atoms with Crippen LogP contribution in [0.4, 0.5) is 0 Å². The standard InChI is InChI=1S/C21H21N3O2/c1-25-13-7-12-24-20(15-26-16-8-3-2-4-9-16)23-19-14-22-18-11-6-5-10-17(18)21(19)24/h2-6,8-11,14H,7,12-13,15H2,1H3. The summed E-state index contributed by atoms with van der Waals surface area (Å²) in [6, 6.07) is 18.0. The molecule has 0 aliphatic rings. The van der Waals surface area contributed by atoms with Crippen molar-refractivity contribution in [3.8, 4) is 5.75 Å². The Morgan fingerprint density at radius 1 is 0.962 bits per heavy atom. The summed E-state index contributed by atoms with van der Waals surface area (Å²) in [5.41, 5.74) is 2.98. The fraction of sp³-hybridized carbons (Fsp3) is 0.238. The van der Waals surface area contributed by atoms with Gasteiger partial charge in [-0.25, -0.2) is 4.98 Å². The number of para-hydroxylation sites is 2. The van der Waals surface area contributed by atoms with Gasteiger partial charge in [0.1, 0.15) is 23.7 Å². The number of hydrogen-bond acceptors (Lipinski definition) is 4. The molecule has 0 N–H and O–H groups in total. The molecule has 0 aliphatic carbocycles. The smallest absolute Gasteiger partial charge is 0.148 e. The monoisotopic (exact) mass is 347 g/mol. The molecule has 2 aromatic heterocycles. The van der Waals surface area contributed by atoms with Crippen molar-refractivity contribution >= 4 is 21.9 Å². The quantitative estimate of drug-likeness (QED) is 0.470. The molecule has 0 aliphatic heterocycles. The maximum atomic E-state index is 5.95. The zero-order valence-electron chi connectivity index (χ0n) is 14.8. The lowest BCUT2D eigenvalue weighted by Gasteiger charge is -2.11. The Morgan fingerprint density at radius 3 is 2.62 bits per heavy atom. The van der Waals surface area contributed by atoms with Crippen LogP contribution in [0.3, 0.4) is 0 Å². The molecule has 0 atom stereocenters. The van der Waals surface area contributed by atoms with E-state index in [0.29, 0.717) is 13.2 Å². The van der Waals surface area contributed by atoms with Crippen molar-refractivity contribution in [2.75, 3.05) is 13.7 Å². The lowest BCUT2D eigenvalue weighted by atomic mass is 10.2. The van der Waals surface area contributed by atoms with E-state index >= 15 is 0 Å². The van der Waals surface area contributed by atoms with Gasteiger partial charge < -0.3 is 14.0 Å². The molecule has 132 valence electrons. The first-order valence-electron chi connectivity index (χ1n) is 8.76. The summed E-state index contributed by atoms with van der Waals surface area (Å²) in [6.07, 6.45) is 2.76. The highest BCUT2D eigenvalue weighted by molar-refractivity contribution is 6.02. The number of imidazole rings is 1. The van der Waals surface area contributed by atoms with Crippen molar-refractivity contribution in [1.29, 1.82) is 0 Å². The summed E-state index contributed by atoms with van der Waals surface area (Å²) in [5.74, 6) is 1.74. The molecule has 4 rings (SSSR count). The van der Waals surface area contributed by atoms with Crippen molar-refractivity contribution in [1.82, 2.24) is 14.5 Å². The molecule has 0 saturated carbocycles. The Bertz CT molecular complexity index is 1010. The number of aryl methyl sites for hydroxylation is 1. The summed E-state index contributed by atoms with van der Waals surface area (Å²) in [7, 11) is 1.73. The van der Waals surface area contributed by atoms with Gasteiger partial charge in [0.15, 0.2) is 0 Å². The van der Waals surface area contributed by atoms with Gasteiger partial charge in [-0.15, -0.1) is 0 Å². The molecule has 0 amide bonds. The molecule has 5 heteroatoms. The minimum absolute atomic E-state index is 0.417. The summed E-state index contributed by atoms with van der Waals surface area (Å²) >= 11 is 0. The van der Waals surface area contributed by atoms with Crippen LogP contribution in [-0.4, -0.2) is 28.3 Å². The van der Waals surface area contributed by atoms with Crippen LogP contribution in [0.15, 0.2) is 60.8 Å². The third-order valence-corrected chi connectivity index (χ3v) is 4.40. The van der Waals surface area contributed by atoms with Crippen LogP contribution < -0.4 is 4.74 Å². The molecule has 2 aromatic carbocycles. The van der Waals surface area contributed by atoms with E-state index in [1.165, 1.54) is 0 Å². The minimum Gasteiger partial charge on any atom is -0.486 e. The Balaban J connectivity index is 1.75. The fourth-order valence-electron chi connectivity index (χ4n) is 3.19. The van der Waals surface area contributed by atoms with Crippen LogP contribution in [0.5, 0.6) is 5.75 Å². The molecular formula is C21H21N3O2. The zero-order valence-corrected chi connectivity index (χ0v) is 14.8. The largest absolute Gasteiger partial charge is 0.486 e. The first-order chi connectivity index (χ1) is 12.9. The van der Waals surface area contributed by atoms with Crippen molar-refractivity contribution in [2.24, 2.45) is 0 Å². The molecule has 0 fully saturated rings. The van der Waals surface area contributed by atoms with E-state index in [1.807, 2.05) is 54.7 Å². The second-order valence-corrected chi connectivity index (χ2v) is 6.14. The average molecular weight is 347 g/mol. The Morgan fingerprint density at radius 2 is 1.77 bits per heavy atom. The highest BCUT2D eigenvalue weighted by atomic mass is 16.5. The van der Waals surface area contributed by atoms with Gasteiger partial charge in [-0.05, 0) is 24.6 Å². The van der Waals surface area contributed by atoms with E-state index < -0.39 is 0 Å². The number of ether oxygens (including phenoxy) is 2. The molecule has 0 unspecified atom stereocenters. The lowest BCUT2D eigenvalue weighted by molar-refractivity contribution is 0.189. The van der Waals surface area contributed by atoms with Crippen LogP contribution in [0.2, 0.25) is 0 Å². The predicted molar refractivity (Wildman–Crippen MR) is 102 cm³/mol. The fourth-order valence-corrected chi connectivity index (χ4v) is 3.19. The highest BCUT2D eigenvalue weighted by Gasteiger charge is 2.14. The number of rotatable bonds is 7. The summed E-state index contributed by atoms with van der Waals surface area (Å²) in [4.78, 5) is 9.33. The number of benzene rings is 2. The summed E-state index contributed by atoms with van der Waals surface area (Å²) in [5, 5.41) is 1.11. The lowest BCUT2D eigenvalue weighted by Crippen LogP contribution is -2.09. The van der Waals surface area contributed by atoms with Crippen molar-refractivity contribution in [2.45, 2.75) is 19.6 Å². The highest BCUT2D eigenvalue weighted by Crippen LogP contribution is 2.25. The third kappa shape index (κ3) is 3.26. The van der Waals surface area contributed by atoms with Crippen molar-refractivity contribution < 1.29 is 9.47 Å². The molecule has 0 radical (unpaired) electrons. The maximum absolute atomic E-state index is 5.95. The number of methoxy groups -OCH3 is 1. The third-order valence-electron chi connectivity index (χ3n) is 4.40. The van der Waals surface area contributed by atoms with E-state index in [1.54, 1.807) is 7.11 Å². The molecule has 2 heterocycles. The van der Waals surface area contributed by atoms with Crippen LogP contribution >= 0.6 is 0 Å². The molecule has 0 bridgehead atoms. The van der Waals surface area contributed by atoms with Crippen molar-refractivity contribution in [3.05, 3.63) is 66.6 Å². The second kappa shape index (κ2) is 7.54. The molecule has 26 heavy (non-hydrogen) atoms. The van der Waals surface area contributed by atoms with E-state index in [9.17, 15) is 0 Å². The number of nitrogens with zero attached hydrogens (tertiary/aromatic N) is 3. The number of fused-ring (bicyclic) bond motifs is 3. The van der Waals surface area contributed by atoms with Gasteiger partial charge in [-0.2, -0.15) is 0 Å². The predicted octanol–water partition coefficient (Wildman–Crippen LogP) is 4.20. The van der Waals surface area contributed by atoms with E-state index in [4.69, 9.17) is 14.5 Å². The molecule has 5 nitrogen and oxygen atoms in total. The first kappa shape index (κ1) is 16.5. The summed E-state index contributed by atoms with van der Waals surface area (Å²) < 4.78 is 13.4. The van der Waals surface area contributed by atoms with Gasteiger partial charge in [0.2, 0.25) is 0 Å². The van der Waals surface area contributed by atoms with Gasteiger partial charge in [-0.1, -0.05) is 36.4 Å². The van der Waals surface area contributed by atoms with E-state index in [2.05, 4.69) is 15.6 Å². The van der Waals surface area contributed by atoms with Gasteiger partial charge in [0.25, 0.3) is 0 Å². The van der Waals surface area contributed by atoms with Crippen molar-refractivity contribution in [3.63, 3.8) is 0 Å². The van der Waals surface area contributed by atoms with Gasteiger partial charge in [0.05, 0.1) is 17.2 Å². The SMILES string of the molecule is COCCCn1c(COc2ccccc2)nc2cnc3ccccc3c21. The van der Waals surface area contributed by atoms with Gasteiger partial charge in [-0.3, -0.25) is 4.98 Å². The number of aromatic nitrogens is 3. The average Bonchev–Trinajstić information content (AvgIpc) is 3.05. The molecule has 0 spiro atoms. The Labute approximate surface area is 152 Å². The molecule has 4 aromatic rings. The zero-order chi connectivity index (χ0) is 17.8. The number of pyridine rings is 1. The van der Waals surface area contributed by atoms with Crippen LogP contribution in [0.25, 0.3) is 21.9 Å². The first-order valence-corrected chi connectivity index (χ1v) is 8.76. The number of hydrogen-bond donors (Lipinski definition) is 0. The Kier molecular flexibility index (Phi) is 4.80. The Hall–Kier alpha value is -2.92.